The molecule has 2 rings (SSSR count). The molecule has 1 unspecified atom stereocenters. The second-order valence-electron chi connectivity index (χ2n) is 4.65. The number of methoxy groups -OCH3 is 1. The summed E-state index contributed by atoms with van der Waals surface area (Å²) >= 11 is 6.01. The van der Waals surface area contributed by atoms with Crippen molar-refractivity contribution in [3.8, 4) is 0 Å². The van der Waals surface area contributed by atoms with Crippen molar-refractivity contribution in [3.05, 3.63) is 40.9 Å². The van der Waals surface area contributed by atoms with Gasteiger partial charge in [-0.2, -0.15) is 0 Å². The number of hydrogen-bond acceptors (Lipinski definition) is 3. The molecular weight excluding hydrogens is 278 g/mol. The predicted molar refractivity (Wildman–Crippen MR) is 77.2 cm³/mol. The number of hydrogen-bond donors (Lipinski definition) is 0. The van der Waals surface area contributed by atoms with Crippen molar-refractivity contribution in [2.45, 2.75) is 6.42 Å². The fourth-order valence-electron chi connectivity index (χ4n) is 2.20. The third kappa shape index (κ3) is 3.39. The Morgan fingerprint density at radius 2 is 2.15 bits per heavy atom. The molecule has 4 nitrogen and oxygen atoms in total. The normalized spacial score (nSPS) is 18.5. The Labute approximate surface area is 123 Å². The Hall–Kier alpha value is -1.81. The molecule has 5 heteroatoms. The van der Waals surface area contributed by atoms with Gasteiger partial charge in [0.2, 0.25) is 5.91 Å². The molecule has 0 spiro atoms. The van der Waals surface area contributed by atoms with E-state index in [1.807, 2.05) is 18.2 Å². The molecule has 1 amide bonds. The number of carbonyl (C=O) groups is 2. The van der Waals surface area contributed by atoms with E-state index in [1.54, 1.807) is 17.0 Å². The molecule has 0 saturated carbocycles. The van der Waals surface area contributed by atoms with Gasteiger partial charge in [-0.3, -0.25) is 9.59 Å². The summed E-state index contributed by atoms with van der Waals surface area (Å²) in [4.78, 5) is 25.1. The molecule has 1 aromatic rings. The van der Waals surface area contributed by atoms with E-state index < -0.39 is 0 Å². The number of carbonyl (C=O) groups excluding carboxylic acids is 2. The summed E-state index contributed by atoms with van der Waals surface area (Å²) in [7, 11) is 1.37. The number of nitrogens with zero attached hydrogens (tertiary/aromatic N) is 1. The summed E-state index contributed by atoms with van der Waals surface area (Å²) in [5, 5.41) is 0.602. The molecule has 1 fully saturated rings. The van der Waals surface area contributed by atoms with Gasteiger partial charge in [0.15, 0.2) is 0 Å². The summed E-state index contributed by atoms with van der Waals surface area (Å²) in [6, 6.07) is 7.31. The smallest absolute Gasteiger partial charge is 0.310 e. The lowest BCUT2D eigenvalue weighted by molar-refractivity contribution is -0.145. The zero-order chi connectivity index (χ0) is 14.5. The van der Waals surface area contributed by atoms with Crippen molar-refractivity contribution in [1.82, 2.24) is 4.90 Å². The maximum Gasteiger partial charge on any atom is 0.310 e. The highest BCUT2D eigenvalue weighted by molar-refractivity contribution is 6.32. The summed E-state index contributed by atoms with van der Waals surface area (Å²) in [6.07, 6.45) is 3.83. The highest BCUT2D eigenvalue weighted by Gasteiger charge is 2.30. The number of ether oxygens (including phenoxy) is 1. The van der Waals surface area contributed by atoms with Crippen LogP contribution in [0.1, 0.15) is 12.0 Å². The van der Waals surface area contributed by atoms with E-state index >= 15 is 0 Å². The third-order valence-electron chi connectivity index (χ3n) is 3.35. The lowest BCUT2D eigenvalue weighted by Gasteiger charge is -2.13. The van der Waals surface area contributed by atoms with Gasteiger partial charge in [-0.25, -0.2) is 0 Å². The highest BCUT2D eigenvalue weighted by atomic mass is 35.5. The first-order valence-electron chi connectivity index (χ1n) is 6.41. The number of esters is 1. The molecule has 0 radical (unpaired) electrons. The first-order chi connectivity index (χ1) is 9.61. The molecule has 1 aromatic carbocycles. The van der Waals surface area contributed by atoms with E-state index in [0.717, 1.165) is 5.56 Å². The molecule has 0 bridgehead atoms. The largest absolute Gasteiger partial charge is 0.469 e. The summed E-state index contributed by atoms with van der Waals surface area (Å²) in [5.74, 6) is -0.579. The van der Waals surface area contributed by atoms with Crippen molar-refractivity contribution >= 4 is 29.6 Å². The van der Waals surface area contributed by atoms with Gasteiger partial charge in [0.05, 0.1) is 13.0 Å². The average Bonchev–Trinajstić information content (AvgIpc) is 2.95. The fraction of sp³-hybridized carbons (Fsp3) is 0.333. The van der Waals surface area contributed by atoms with Crippen molar-refractivity contribution in [2.24, 2.45) is 5.92 Å². The quantitative estimate of drug-likeness (QED) is 0.635. The molecule has 1 aliphatic heterocycles. The molecule has 106 valence electrons. The Bertz CT molecular complexity index is 542. The van der Waals surface area contributed by atoms with Crippen LogP contribution in [0.3, 0.4) is 0 Å². The minimum atomic E-state index is -0.254. The zero-order valence-electron chi connectivity index (χ0n) is 11.2. The molecular formula is C15H16ClNO3. The minimum absolute atomic E-state index is 0.115. The van der Waals surface area contributed by atoms with Crippen LogP contribution in [0.2, 0.25) is 5.02 Å². The number of likely N-dealkylation sites (tertiary alicyclic amines) is 1. The Balaban J connectivity index is 1.96. The maximum atomic E-state index is 12.0. The number of halogens is 1. The highest BCUT2D eigenvalue weighted by Crippen LogP contribution is 2.19. The van der Waals surface area contributed by atoms with Gasteiger partial charge < -0.3 is 9.64 Å². The van der Waals surface area contributed by atoms with Crippen molar-refractivity contribution < 1.29 is 14.3 Å². The van der Waals surface area contributed by atoms with Crippen LogP contribution in [-0.2, 0) is 14.3 Å². The van der Waals surface area contributed by atoms with Crippen LogP contribution in [0.5, 0.6) is 0 Å². The van der Waals surface area contributed by atoms with Gasteiger partial charge in [0, 0.05) is 24.2 Å². The Morgan fingerprint density at radius 1 is 1.40 bits per heavy atom. The SMILES string of the molecule is COC(=O)C1CCN(C(=O)/C=C/c2ccccc2Cl)C1. The molecule has 1 atom stereocenters. The van der Waals surface area contributed by atoms with Gasteiger partial charge in [-0.15, -0.1) is 0 Å². The average molecular weight is 294 g/mol. The first kappa shape index (κ1) is 14.6. The monoisotopic (exact) mass is 293 g/mol. The second-order valence-corrected chi connectivity index (χ2v) is 5.06. The lowest BCUT2D eigenvalue weighted by atomic mass is 10.1. The van der Waals surface area contributed by atoms with E-state index in [4.69, 9.17) is 16.3 Å². The van der Waals surface area contributed by atoms with Crippen LogP contribution >= 0.6 is 11.6 Å². The van der Waals surface area contributed by atoms with Crippen molar-refractivity contribution in [1.29, 1.82) is 0 Å². The van der Waals surface area contributed by atoms with Crippen LogP contribution in [0, 0.1) is 5.92 Å². The van der Waals surface area contributed by atoms with Gasteiger partial charge in [0.25, 0.3) is 0 Å². The van der Waals surface area contributed by atoms with Crippen LogP contribution in [0.15, 0.2) is 30.3 Å². The van der Waals surface area contributed by atoms with E-state index in [9.17, 15) is 9.59 Å². The summed E-state index contributed by atoms with van der Waals surface area (Å²) in [5.41, 5.74) is 0.797. The van der Waals surface area contributed by atoms with Crippen LogP contribution in [0.25, 0.3) is 6.08 Å². The number of rotatable bonds is 3. The zero-order valence-corrected chi connectivity index (χ0v) is 12.0. The van der Waals surface area contributed by atoms with E-state index in [1.165, 1.54) is 13.2 Å². The maximum absolute atomic E-state index is 12.0. The van der Waals surface area contributed by atoms with Gasteiger partial charge in [-0.1, -0.05) is 29.8 Å². The number of benzene rings is 1. The summed E-state index contributed by atoms with van der Waals surface area (Å²) < 4.78 is 4.69. The second kappa shape index (κ2) is 6.57. The minimum Gasteiger partial charge on any atom is -0.469 e. The van der Waals surface area contributed by atoms with Crippen LogP contribution < -0.4 is 0 Å². The summed E-state index contributed by atoms with van der Waals surface area (Å²) in [6.45, 7) is 0.990. The Morgan fingerprint density at radius 3 is 2.85 bits per heavy atom. The van der Waals surface area contributed by atoms with E-state index in [-0.39, 0.29) is 17.8 Å². The predicted octanol–water partition coefficient (Wildman–Crippen LogP) is 2.37. The molecule has 0 N–H and O–H groups in total. The molecule has 1 heterocycles. The molecule has 1 saturated heterocycles. The lowest BCUT2D eigenvalue weighted by Crippen LogP contribution is -2.28. The van der Waals surface area contributed by atoms with Crippen LogP contribution in [0.4, 0.5) is 0 Å². The van der Waals surface area contributed by atoms with Crippen molar-refractivity contribution in [3.63, 3.8) is 0 Å². The van der Waals surface area contributed by atoms with E-state index in [2.05, 4.69) is 0 Å². The standard InChI is InChI=1S/C15H16ClNO3/c1-20-15(19)12-8-9-17(10-12)14(18)7-6-11-4-2-3-5-13(11)16/h2-7,12H,8-10H2,1H3/b7-6+. The van der Waals surface area contributed by atoms with E-state index in [0.29, 0.717) is 24.5 Å². The topological polar surface area (TPSA) is 46.6 Å². The third-order valence-corrected chi connectivity index (χ3v) is 3.69. The fourth-order valence-corrected chi connectivity index (χ4v) is 2.39. The van der Waals surface area contributed by atoms with Gasteiger partial charge in [-0.05, 0) is 24.1 Å². The van der Waals surface area contributed by atoms with Gasteiger partial charge in [0.1, 0.15) is 0 Å². The van der Waals surface area contributed by atoms with Crippen LogP contribution in [-0.4, -0.2) is 37.0 Å². The molecule has 1 aliphatic rings. The molecule has 0 aliphatic carbocycles. The van der Waals surface area contributed by atoms with Crippen molar-refractivity contribution in [2.75, 3.05) is 20.2 Å². The molecule has 0 aromatic heterocycles. The van der Waals surface area contributed by atoms with Gasteiger partial charge >= 0.3 is 5.97 Å². The molecule has 20 heavy (non-hydrogen) atoms. The number of amides is 1. The Kier molecular flexibility index (Phi) is 4.79. The first-order valence-corrected chi connectivity index (χ1v) is 6.79.